The van der Waals surface area contributed by atoms with E-state index in [0.717, 1.165) is 33.7 Å². The quantitative estimate of drug-likeness (QED) is 0.199. The number of benzene rings is 6. The molecule has 0 aliphatic rings. The molecule has 0 spiro atoms. The average Bonchev–Trinajstić information content (AvgIpc) is 3.59. The van der Waals surface area contributed by atoms with Crippen LogP contribution in [0.2, 0.25) is 0 Å². The van der Waals surface area contributed by atoms with Crippen LogP contribution in [0.3, 0.4) is 0 Å². The normalized spacial score (nSPS) is 11.6. The van der Waals surface area contributed by atoms with Gasteiger partial charge in [-0.2, -0.15) is 0 Å². The summed E-state index contributed by atoms with van der Waals surface area (Å²) in [6.45, 7) is 0. The van der Waals surface area contributed by atoms with Gasteiger partial charge in [-0.25, -0.2) is 0 Å². The molecule has 8 rings (SSSR count). The van der Waals surface area contributed by atoms with Crippen molar-refractivity contribution in [2.24, 2.45) is 0 Å². The standard InChI is InChI=1S/C35H22N2OSe/c1-4-11-23(12-5-1)35-36-34-30(38-35)19-20-31-33(34)28-22-27-24(21-32(28)39-31)13-10-18-29(27)37(25-14-6-2-7-15-25)26-16-8-3-9-17-26/h1-22H. The van der Waals surface area contributed by atoms with Gasteiger partial charge in [0.1, 0.15) is 0 Å². The summed E-state index contributed by atoms with van der Waals surface area (Å²) in [7, 11) is 0. The fourth-order valence-corrected chi connectivity index (χ4v) is 7.88. The maximum atomic E-state index is 6.25. The molecular weight excluding hydrogens is 543 g/mol. The van der Waals surface area contributed by atoms with Crippen molar-refractivity contribution >= 4 is 72.7 Å². The first-order chi connectivity index (χ1) is 19.3. The summed E-state index contributed by atoms with van der Waals surface area (Å²) >= 11 is 0.216. The fourth-order valence-electron chi connectivity index (χ4n) is 5.49. The van der Waals surface area contributed by atoms with Crippen LogP contribution in [-0.4, -0.2) is 19.5 Å². The Labute approximate surface area is 231 Å². The number of oxazole rings is 1. The van der Waals surface area contributed by atoms with Gasteiger partial charge >= 0.3 is 232 Å². The van der Waals surface area contributed by atoms with Crippen molar-refractivity contribution < 1.29 is 4.42 Å². The molecule has 3 nitrogen and oxygen atoms in total. The molecule has 0 aliphatic carbocycles. The van der Waals surface area contributed by atoms with Crippen LogP contribution in [0.15, 0.2) is 138 Å². The Morgan fingerprint density at radius 2 is 1.28 bits per heavy atom. The van der Waals surface area contributed by atoms with E-state index in [0.29, 0.717) is 5.89 Å². The number of nitrogens with zero attached hydrogens (tertiary/aromatic N) is 2. The molecule has 6 aromatic carbocycles. The molecule has 0 N–H and O–H groups in total. The predicted molar refractivity (Wildman–Crippen MR) is 164 cm³/mol. The van der Waals surface area contributed by atoms with Crippen LogP contribution in [0.25, 0.3) is 52.6 Å². The van der Waals surface area contributed by atoms with Crippen LogP contribution in [0.4, 0.5) is 17.1 Å². The van der Waals surface area contributed by atoms with Crippen molar-refractivity contribution in [1.29, 1.82) is 0 Å². The van der Waals surface area contributed by atoms with Crippen molar-refractivity contribution in [2.45, 2.75) is 0 Å². The summed E-state index contributed by atoms with van der Waals surface area (Å²) in [6.07, 6.45) is 0. The molecule has 0 saturated heterocycles. The van der Waals surface area contributed by atoms with E-state index in [1.807, 2.05) is 30.3 Å². The van der Waals surface area contributed by atoms with E-state index < -0.39 is 0 Å². The zero-order valence-corrected chi connectivity index (χ0v) is 22.6. The molecule has 4 heteroatoms. The van der Waals surface area contributed by atoms with Crippen LogP contribution < -0.4 is 4.90 Å². The molecule has 2 aromatic heterocycles. The van der Waals surface area contributed by atoms with Crippen LogP contribution >= 0.6 is 0 Å². The Bertz CT molecular complexity index is 2070. The third-order valence-corrected chi connectivity index (χ3v) is 9.61. The van der Waals surface area contributed by atoms with Gasteiger partial charge in [-0.15, -0.1) is 0 Å². The SMILES string of the molecule is c1ccc(-c2nc3c(ccc4[se]c5cc6cccc(N(c7ccccc7)c7ccccc7)c6cc5c43)o2)cc1. The summed E-state index contributed by atoms with van der Waals surface area (Å²) in [5.74, 6) is 0.667. The maximum absolute atomic E-state index is 6.25. The van der Waals surface area contributed by atoms with Crippen molar-refractivity contribution in [3.8, 4) is 11.5 Å². The minimum atomic E-state index is 0.216. The van der Waals surface area contributed by atoms with Gasteiger partial charge in [0.05, 0.1) is 0 Å². The first-order valence-corrected chi connectivity index (χ1v) is 14.7. The molecule has 39 heavy (non-hydrogen) atoms. The summed E-state index contributed by atoms with van der Waals surface area (Å²) in [5.41, 5.74) is 6.20. The number of hydrogen-bond acceptors (Lipinski definition) is 3. The van der Waals surface area contributed by atoms with E-state index in [1.54, 1.807) is 0 Å². The Hall–Kier alpha value is -4.63. The summed E-state index contributed by atoms with van der Waals surface area (Å²) in [5, 5.41) is 4.95. The van der Waals surface area contributed by atoms with Crippen molar-refractivity contribution in [3.63, 3.8) is 0 Å². The molecule has 0 aliphatic heterocycles. The third kappa shape index (κ3) is 3.69. The molecule has 8 aromatic rings. The fraction of sp³-hybridized carbons (Fsp3) is 0. The number of rotatable bonds is 4. The van der Waals surface area contributed by atoms with E-state index in [-0.39, 0.29) is 14.5 Å². The van der Waals surface area contributed by atoms with Gasteiger partial charge in [0, 0.05) is 0 Å². The average molecular weight is 566 g/mol. The number of fused-ring (bicyclic) bond motifs is 6. The summed E-state index contributed by atoms with van der Waals surface area (Å²) < 4.78 is 9.00. The number of hydrogen-bond donors (Lipinski definition) is 0. The second-order valence-electron chi connectivity index (χ2n) is 9.63. The molecule has 2 heterocycles. The zero-order chi connectivity index (χ0) is 25.8. The van der Waals surface area contributed by atoms with E-state index in [4.69, 9.17) is 9.40 Å². The van der Waals surface area contributed by atoms with Crippen molar-refractivity contribution in [1.82, 2.24) is 4.98 Å². The molecule has 0 fully saturated rings. The first kappa shape index (κ1) is 22.4. The topological polar surface area (TPSA) is 29.3 Å². The summed E-state index contributed by atoms with van der Waals surface area (Å²) in [4.78, 5) is 7.37. The molecule has 0 saturated carbocycles. The van der Waals surface area contributed by atoms with Gasteiger partial charge in [-0.05, 0) is 0 Å². The first-order valence-electron chi connectivity index (χ1n) is 13.0. The molecule has 0 unspecified atom stereocenters. The molecular formula is C35H22N2OSe. The Kier molecular flexibility index (Phi) is 5.15. The van der Waals surface area contributed by atoms with Gasteiger partial charge in [0.15, 0.2) is 0 Å². The van der Waals surface area contributed by atoms with Gasteiger partial charge in [-0.1, -0.05) is 0 Å². The van der Waals surface area contributed by atoms with Crippen molar-refractivity contribution in [3.05, 3.63) is 133 Å². The van der Waals surface area contributed by atoms with Gasteiger partial charge in [0.25, 0.3) is 0 Å². The number of aromatic nitrogens is 1. The van der Waals surface area contributed by atoms with Gasteiger partial charge < -0.3 is 0 Å². The van der Waals surface area contributed by atoms with Crippen LogP contribution in [0.5, 0.6) is 0 Å². The summed E-state index contributed by atoms with van der Waals surface area (Å²) in [6, 6.07) is 47.0. The zero-order valence-electron chi connectivity index (χ0n) is 20.9. The second-order valence-corrected chi connectivity index (χ2v) is 11.9. The van der Waals surface area contributed by atoms with E-state index in [1.165, 1.54) is 30.1 Å². The van der Waals surface area contributed by atoms with Crippen LogP contribution in [0, 0.1) is 0 Å². The number of anilines is 3. The minimum absolute atomic E-state index is 0.216. The van der Waals surface area contributed by atoms with E-state index >= 15 is 0 Å². The molecule has 0 radical (unpaired) electrons. The second kappa shape index (κ2) is 8.99. The van der Waals surface area contributed by atoms with Gasteiger partial charge in [0.2, 0.25) is 0 Å². The van der Waals surface area contributed by atoms with E-state index in [9.17, 15) is 0 Å². The van der Waals surface area contributed by atoms with Gasteiger partial charge in [-0.3, -0.25) is 0 Å². The predicted octanol–water partition coefficient (Wildman–Crippen LogP) is 9.48. The third-order valence-electron chi connectivity index (χ3n) is 7.26. The monoisotopic (exact) mass is 566 g/mol. The Morgan fingerprint density at radius 3 is 2.00 bits per heavy atom. The van der Waals surface area contributed by atoms with Crippen LogP contribution in [0.1, 0.15) is 0 Å². The number of para-hydroxylation sites is 2. The van der Waals surface area contributed by atoms with Crippen LogP contribution in [-0.2, 0) is 0 Å². The molecule has 0 atom stereocenters. The van der Waals surface area contributed by atoms with Crippen molar-refractivity contribution in [2.75, 3.05) is 4.90 Å². The molecule has 184 valence electrons. The molecule has 0 bridgehead atoms. The molecule has 0 amide bonds. The van der Waals surface area contributed by atoms with E-state index in [2.05, 4.69) is 108 Å². The Morgan fingerprint density at radius 1 is 0.590 bits per heavy atom. The Balaban J connectivity index is 1.41.